The summed E-state index contributed by atoms with van der Waals surface area (Å²) in [4.78, 5) is 29.2. The van der Waals surface area contributed by atoms with Crippen LogP contribution < -0.4 is 5.32 Å². The molecule has 2 aliphatic carbocycles. The second-order valence-corrected chi connectivity index (χ2v) is 8.81. The molecule has 0 radical (unpaired) electrons. The van der Waals surface area contributed by atoms with E-state index in [0.29, 0.717) is 38.6 Å². The molecular weight excluding hydrogens is 350 g/mol. The van der Waals surface area contributed by atoms with Crippen LogP contribution in [-0.2, 0) is 10.2 Å². The molecule has 5 nitrogen and oxygen atoms in total. The molecule has 0 spiro atoms. The van der Waals surface area contributed by atoms with Crippen molar-refractivity contribution in [1.29, 1.82) is 0 Å². The molecule has 28 heavy (non-hydrogen) atoms. The summed E-state index contributed by atoms with van der Waals surface area (Å²) in [5.74, 6) is 0.542. The van der Waals surface area contributed by atoms with Gasteiger partial charge in [-0.25, -0.2) is 4.79 Å². The number of hydrogen-bond acceptors (Lipinski definition) is 2. The van der Waals surface area contributed by atoms with Gasteiger partial charge in [-0.15, -0.1) is 0 Å². The fourth-order valence-corrected chi connectivity index (χ4v) is 5.33. The normalized spacial score (nSPS) is 22.4. The molecule has 0 bridgehead atoms. The minimum atomic E-state index is 0.0233. The molecular formula is C23H33N3O2. The molecule has 1 heterocycles. The molecule has 1 aromatic rings. The van der Waals surface area contributed by atoms with E-state index in [1.54, 1.807) is 0 Å². The molecule has 1 aliphatic heterocycles. The van der Waals surface area contributed by atoms with Gasteiger partial charge in [-0.2, -0.15) is 0 Å². The maximum Gasteiger partial charge on any atom is 0.317 e. The monoisotopic (exact) mass is 383 g/mol. The number of nitrogens with zero attached hydrogens (tertiary/aromatic N) is 2. The zero-order chi connectivity index (χ0) is 19.4. The smallest absolute Gasteiger partial charge is 0.317 e. The molecule has 0 unspecified atom stereocenters. The van der Waals surface area contributed by atoms with Crippen LogP contribution in [0.25, 0.3) is 0 Å². The van der Waals surface area contributed by atoms with Gasteiger partial charge in [0.25, 0.3) is 0 Å². The number of benzene rings is 1. The Balaban J connectivity index is 1.29. The summed E-state index contributed by atoms with van der Waals surface area (Å²) in [5.41, 5.74) is 1.43. The third-order valence-corrected chi connectivity index (χ3v) is 7.11. The molecule has 1 aromatic carbocycles. The van der Waals surface area contributed by atoms with Crippen LogP contribution in [0.4, 0.5) is 4.79 Å². The van der Waals surface area contributed by atoms with Gasteiger partial charge >= 0.3 is 6.03 Å². The van der Waals surface area contributed by atoms with Crippen LogP contribution in [0.2, 0.25) is 0 Å². The van der Waals surface area contributed by atoms with Crippen molar-refractivity contribution in [2.75, 3.05) is 32.7 Å². The average Bonchev–Trinajstić information content (AvgIpc) is 3.45. The van der Waals surface area contributed by atoms with E-state index < -0.39 is 0 Å². The first kappa shape index (κ1) is 19.3. The van der Waals surface area contributed by atoms with Crippen molar-refractivity contribution in [2.24, 2.45) is 5.92 Å². The number of hydrogen-bond donors (Lipinski definition) is 1. The number of rotatable bonds is 4. The Hall–Kier alpha value is -2.04. The van der Waals surface area contributed by atoms with Crippen molar-refractivity contribution in [2.45, 2.75) is 56.8 Å². The van der Waals surface area contributed by atoms with Crippen LogP contribution in [-0.4, -0.2) is 54.5 Å². The SMILES string of the molecule is O=C(NCC1(c2ccccc2)CCCC1)N1CCN(C(=O)C2CCCC2)CC1. The molecule has 0 aromatic heterocycles. The highest BCUT2D eigenvalue weighted by Gasteiger charge is 2.36. The number of urea groups is 1. The molecule has 1 N–H and O–H groups in total. The van der Waals surface area contributed by atoms with Gasteiger partial charge in [0, 0.05) is 44.1 Å². The number of nitrogens with one attached hydrogen (secondary N) is 1. The van der Waals surface area contributed by atoms with Crippen molar-refractivity contribution in [1.82, 2.24) is 15.1 Å². The van der Waals surface area contributed by atoms with E-state index in [4.69, 9.17) is 0 Å². The van der Waals surface area contributed by atoms with Crippen LogP contribution in [0.1, 0.15) is 56.9 Å². The fourth-order valence-electron chi connectivity index (χ4n) is 5.33. The summed E-state index contributed by atoms with van der Waals surface area (Å²) in [6.45, 7) is 3.33. The van der Waals surface area contributed by atoms with Gasteiger partial charge in [0.1, 0.15) is 0 Å². The van der Waals surface area contributed by atoms with E-state index in [9.17, 15) is 9.59 Å². The molecule has 4 rings (SSSR count). The Labute approximate surface area is 168 Å². The molecule has 5 heteroatoms. The first-order valence-electron chi connectivity index (χ1n) is 11.1. The Morgan fingerprint density at radius 2 is 1.50 bits per heavy atom. The zero-order valence-electron chi connectivity index (χ0n) is 16.9. The first-order chi connectivity index (χ1) is 13.7. The third kappa shape index (κ3) is 4.03. The van der Waals surface area contributed by atoms with Crippen molar-refractivity contribution >= 4 is 11.9 Å². The van der Waals surface area contributed by atoms with Gasteiger partial charge in [-0.3, -0.25) is 4.79 Å². The lowest BCUT2D eigenvalue weighted by Gasteiger charge is -2.37. The fraction of sp³-hybridized carbons (Fsp3) is 0.652. The van der Waals surface area contributed by atoms with E-state index in [1.165, 1.54) is 31.2 Å². The highest BCUT2D eigenvalue weighted by Crippen LogP contribution is 2.40. The molecule has 1 saturated heterocycles. The van der Waals surface area contributed by atoms with Crippen LogP contribution in [0, 0.1) is 5.92 Å². The van der Waals surface area contributed by atoms with Crippen molar-refractivity contribution in [3.63, 3.8) is 0 Å². The first-order valence-corrected chi connectivity index (χ1v) is 11.1. The van der Waals surface area contributed by atoms with Gasteiger partial charge in [0.05, 0.1) is 0 Å². The largest absolute Gasteiger partial charge is 0.339 e. The molecule has 0 atom stereocenters. The Morgan fingerprint density at radius 3 is 2.14 bits per heavy atom. The summed E-state index contributed by atoms with van der Waals surface area (Å²) in [5, 5.41) is 3.22. The van der Waals surface area contributed by atoms with Crippen molar-refractivity contribution in [3.8, 4) is 0 Å². The quantitative estimate of drug-likeness (QED) is 0.865. The van der Waals surface area contributed by atoms with E-state index in [-0.39, 0.29) is 17.4 Å². The van der Waals surface area contributed by atoms with E-state index in [2.05, 4.69) is 35.6 Å². The molecule has 3 fully saturated rings. The highest BCUT2D eigenvalue weighted by atomic mass is 16.2. The van der Waals surface area contributed by atoms with Gasteiger partial charge in [0.2, 0.25) is 5.91 Å². The molecule has 3 amide bonds. The van der Waals surface area contributed by atoms with Crippen LogP contribution >= 0.6 is 0 Å². The zero-order valence-corrected chi connectivity index (χ0v) is 16.9. The van der Waals surface area contributed by atoms with Crippen molar-refractivity contribution < 1.29 is 9.59 Å². The predicted octanol–water partition coefficient (Wildman–Crippen LogP) is 3.54. The summed E-state index contributed by atoms with van der Waals surface area (Å²) >= 11 is 0. The van der Waals surface area contributed by atoms with Crippen LogP contribution in [0.3, 0.4) is 0 Å². The molecule has 2 saturated carbocycles. The third-order valence-electron chi connectivity index (χ3n) is 7.11. The Morgan fingerprint density at radius 1 is 0.893 bits per heavy atom. The summed E-state index contributed by atoms with van der Waals surface area (Å²) in [6, 6.07) is 10.7. The molecule has 152 valence electrons. The summed E-state index contributed by atoms with van der Waals surface area (Å²) in [7, 11) is 0. The topological polar surface area (TPSA) is 52.7 Å². The second-order valence-electron chi connectivity index (χ2n) is 8.81. The van der Waals surface area contributed by atoms with E-state index in [0.717, 1.165) is 25.7 Å². The predicted molar refractivity (Wildman–Crippen MR) is 110 cm³/mol. The number of amides is 3. The van der Waals surface area contributed by atoms with Gasteiger partial charge in [0.15, 0.2) is 0 Å². The van der Waals surface area contributed by atoms with Crippen molar-refractivity contribution in [3.05, 3.63) is 35.9 Å². The number of carbonyl (C=O) groups excluding carboxylic acids is 2. The van der Waals surface area contributed by atoms with Crippen LogP contribution in [0.5, 0.6) is 0 Å². The minimum absolute atomic E-state index is 0.0233. The lowest BCUT2D eigenvalue weighted by molar-refractivity contribution is -0.136. The Bertz CT molecular complexity index is 670. The highest BCUT2D eigenvalue weighted by molar-refractivity contribution is 5.80. The standard InChI is InChI=1S/C23H33N3O2/c27-21(19-8-4-5-9-19)25-14-16-26(17-15-25)22(28)24-18-23(12-6-7-13-23)20-10-2-1-3-11-20/h1-3,10-11,19H,4-9,12-18H2,(H,24,28). The number of carbonyl (C=O) groups is 2. The van der Waals surface area contributed by atoms with Gasteiger partial charge < -0.3 is 15.1 Å². The summed E-state index contributed by atoms with van der Waals surface area (Å²) < 4.78 is 0. The van der Waals surface area contributed by atoms with E-state index in [1.807, 2.05) is 9.80 Å². The average molecular weight is 384 g/mol. The minimum Gasteiger partial charge on any atom is -0.339 e. The maximum absolute atomic E-state index is 12.8. The second kappa shape index (κ2) is 8.54. The maximum atomic E-state index is 12.8. The summed E-state index contributed by atoms with van der Waals surface area (Å²) in [6.07, 6.45) is 9.19. The van der Waals surface area contributed by atoms with Gasteiger partial charge in [-0.05, 0) is 31.2 Å². The Kier molecular flexibility index (Phi) is 5.88. The lowest BCUT2D eigenvalue weighted by atomic mass is 9.79. The van der Waals surface area contributed by atoms with E-state index >= 15 is 0 Å². The number of piperazine rings is 1. The lowest BCUT2D eigenvalue weighted by Crippen LogP contribution is -2.55. The molecule has 3 aliphatic rings. The van der Waals surface area contributed by atoms with Crippen LogP contribution in [0.15, 0.2) is 30.3 Å². The van der Waals surface area contributed by atoms with Gasteiger partial charge in [-0.1, -0.05) is 56.0 Å².